The van der Waals surface area contributed by atoms with Crippen LogP contribution in [0, 0.1) is 0 Å². The van der Waals surface area contributed by atoms with Crippen molar-refractivity contribution in [1.29, 1.82) is 0 Å². The Morgan fingerprint density at radius 2 is 1.82 bits per heavy atom. The second-order valence-electron chi connectivity index (χ2n) is 8.94. The van der Waals surface area contributed by atoms with Gasteiger partial charge in [0.2, 0.25) is 0 Å². The molecule has 0 saturated carbocycles. The Labute approximate surface area is 193 Å². The Bertz CT molecular complexity index is 931. The van der Waals surface area contributed by atoms with Crippen molar-refractivity contribution in [1.82, 2.24) is 20.4 Å². The molecule has 3 amide bonds. The van der Waals surface area contributed by atoms with E-state index in [-0.39, 0.29) is 6.09 Å². The molecular weight excluding hydrogens is 428 g/mol. The van der Waals surface area contributed by atoms with E-state index in [0.717, 1.165) is 0 Å². The van der Waals surface area contributed by atoms with Gasteiger partial charge >= 0.3 is 18.1 Å². The first kappa shape index (κ1) is 24.4. The second-order valence-corrected chi connectivity index (χ2v) is 8.94. The van der Waals surface area contributed by atoms with Gasteiger partial charge in [-0.25, -0.2) is 14.4 Å². The maximum Gasteiger partial charge on any atom is 0.410 e. The number of hydrogen-bond donors (Lipinski definition) is 2. The first-order chi connectivity index (χ1) is 15.6. The highest BCUT2D eigenvalue weighted by Gasteiger charge is 2.35. The first-order valence-electron chi connectivity index (χ1n) is 10.8. The van der Waals surface area contributed by atoms with Crippen LogP contribution in [0.2, 0.25) is 0 Å². The van der Waals surface area contributed by atoms with Crippen LogP contribution in [0.3, 0.4) is 0 Å². The zero-order valence-electron chi connectivity index (χ0n) is 19.8. The Morgan fingerprint density at radius 1 is 1.12 bits per heavy atom. The molecule has 33 heavy (non-hydrogen) atoms. The summed E-state index contributed by atoms with van der Waals surface area (Å²) in [6, 6.07) is 6.10. The molecule has 1 aromatic rings. The number of urea groups is 1. The minimum absolute atomic E-state index is 0.333. The molecule has 1 atom stereocenters. The van der Waals surface area contributed by atoms with Crippen LogP contribution in [0.15, 0.2) is 35.5 Å². The molecule has 2 heterocycles. The van der Waals surface area contributed by atoms with Gasteiger partial charge in [-0.1, -0.05) is 12.1 Å². The van der Waals surface area contributed by atoms with Gasteiger partial charge in [-0.05, 0) is 38.5 Å². The summed E-state index contributed by atoms with van der Waals surface area (Å²) in [5, 5.41) is 5.58. The largest absolute Gasteiger partial charge is 0.497 e. The molecule has 0 aliphatic carbocycles. The molecule has 1 fully saturated rings. The van der Waals surface area contributed by atoms with Crippen molar-refractivity contribution in [2.75, 3.05) is 46.9 Å². The van der Waals surface area contributed by atoms with Gasteiger partial charge in [0, 0.05) is 38.4 Å². The molecule has 0 spiro atoms. The summed E-state index contributed by atoms with van der Waals surface area (Å²) in [6.45, 7) is 7.96. The van der Waals surface area contributed by atoms with E-state index in [1.807, 2.05) is 26.8 Å². The highest BCUT2D eigenvalue weighted by atomic mass is 16.6. The van der Waals surface area contributed by atoms with Gasteiger partial charge in [0.05, 0.1) is 25.8 Å². The molecule has 10 heteroatoms. The molecule has 2 aliphatic heterocycles. The second kappa shape index (κ2) is 10.1. The molecule has 1 saturated heterocycles. The number of methoxy groups -OCH3 is 2. The third-order valence-corrected chi connectivity index (χ3v) is 5.39. The summed E-state index contributed by atoms with van der Waals surface area (Å²) in [5.74, 6) is 0.0852. The lowest BCUT2D eigenvalue weighted by atomic mass is 9.94. The molecule has 0 radical (unpaired) electrons. The number of carbonyl (C=O) groups excluding carboxylic acids is 3. The standard InChI is InChI=1S/C23H32N4O6/c1-23(2,3)33-22(30)27-11-9-26(10-12-27)14-17-18(20(28)32-5)19(25-21(29)24-17)15-7-6-8-16(13-15)31-4/h6-8,13,19H,9-12,14H2,1-5H3,(H2,24,25,29)/t19-/m0/s1. The van der Waals surface area contributed by atoms with Gasteiger partial charge in [0.25, 0.3) is 0 Å². The Hall–Kier alpha value is -3.27. The van der Waals surface area contributed by atoms with Gasteiger partial charge in [-0.3, -0.25) is 4.90 Å². The average molecular weight is 461 g/mol. The fourth-order valence-corrected chi connectivity index (χ4v) is 3.80. The zero-order valence-corrected chi connectivity index (χ0v) is 19.8. The lowest BCUT2D eigenvalue weighted by molar-refractivity contribution is -0.136. The van der Waals surface area contributed by atoms with Crippen LogP contribution in [0.25, 0.3) is 0 Å². The monoisotopic (exact) mass is 460 g/mol. The van der Waals surface area contributed by atoms with E-state index < -0.39 is 23.6 Å². The molecule has 0 bridgehead atoms. The molecule has 3 rings (SSSR count). The number of hydrogen-bond acceptors (Lipinski definition) is 7. The van der Waals surface area contributed by atoms with Crippen molar-refractivity contribution in [2.24, 2.45) is 0 Å². The Balaban J connectivity index is 1.79. The number of amides is 3. The maximum atomic E-state index is 12.7. The summed E-state index contributed by atoms with van der Waals surface area (Å²) in [6.07, 6.45) is -0.343. The number of nitrogens with zero attached hydrogens (tertiary/aromatic N) is 2. The summed E-state index contributed by atoms with van der Waals surface area (Å²) >= 11 is 0. The van der Waals surface area contributed by atoms with Crippen molar-refractivity contribution in [2.45, 2.75) is 32.4 Å². The van der Waals surface area contributed by atoms with Crippen molar-refractivity contribution in [3.05, 3.63) is 41.1 Å². The minimum Gasteiger partial charge on any atom is -0.497 e. The molecule has 2 N–H and O–H groups in total. The Kier molecular flexibility index (Phi) is 7.47. The maximum absolute atomic E-state index is 12.7. The summed E-state index contributed by atoms with van der Waals surface area (Å²) in [5.41, 5.74) is 0.962. The van der Waals surface area contributed by atoms with E-state index in [1.54, 1.807) is 30.2 Å². The third kappa shape index (κ3) is 6.16. The van der Waals surface area contributed by atoms with Gasteiger partial charge in [-0.2, -0.15) is 0 Å². The van der Waals surface area contributed by atoms with E-state index in [4.69, 9.17) is 14.2 Å². The molecule has 2 aliphatic rings. The number of carbonyl (C=O) groups is 3. The smallest absolute Gasteiger partial charge is 0.410 e. The Morgan fingerprint density at radius 3 is 2.42 bits per heavy atom. The summed E-state index contributed by atoms with van der Waals surface area (Å²) < 4.78 is 15.8. The molecule has 180 valence electrons. The van der Waals surface area contributed by atoms with Crippen molar-refractivity contribution >= 4 is 18.1 Å². The number of rotatable bonds is 5. The molecule has 10 nitrogen and oxygen atoms in total. The zero-order chi connectivity index (χ0) is 24.2. The number of piperazine rings is 1. The van der Waals surface area contributed by atoms with Crippen LogP contribution in [-0.2, 0) is 14.3 Å². The topological polar surface area (TPSA) is 109 Å². The minimum atomic E-state index is -0.681. The van der Waals surface area contributed by atoms with E-state index in [2.05, 4.69) is 15.5 Å². The third-order valence-electron chi connectivity index (χ3n) is 5.39. The quantitative estimate of drug-likeness (QED) is 0.647. The SMILES string of the molecule is COC(=O)C1=C(CN2CCN(C(=O)OC(C)(C)C)CC2)NC(=O)N[C@H]1c1cccc(OC)c1. The highest BCUT2D eigenvalue weighted by Crippen LogP contribution is 2.30. The number of esters is 1. The number of benzene rings is 1. The molecule has 0 unspecified atom stereocenters. The van der Waals surface area contributed by atoms with Crippen molar-refractivity contribution in [3.8, 4) is 5.75 Å². The highest BCUT2D eigenvalue weighted by molar-refractivity contribution is 5.95. The summed E-state index contributed by atoms with van der Waals surface area (Å²) in [7, 11) is 2.87. The molecular formula is C23H32N4O6. The fourth-order valence-electron chi connectivity index (χ4n) is 3.80. The lowest BCUT2D eigenvalue weighted by Crippen LogP contribution is -2.53. The summed E-state index contributed by atoms with van der Waals surface area (Å²) in [4.78, 5) is 41.3. The number of nitrogens with one attached hydrogen (secondary N) is 2. The van der Waals surface area contributed by atoms with Crippen LogP contribution < -0.4 is 15.4 Å². The number of ether oxygens (including phenoxy) is 3. The van der Waals surface area contributed by atoms with Crippen LogP contribution >= 0.6 is 0 Å². The van der Waals surface area contributed by atoms with E-state index in [9.17, 15) is 14.4 Å². The first-order valence-corrected chi connectivity index (χ1v) is 10.8. The lowest BCUT2D eigenvalue weighted by Gasteiger charge is -2.37. The van der Waals surface area contributed by atoms with Crippen LogP contribution in [-0.4, -0.2) is 80.4 Å². The van der Waals surface area contributed by atoms with Gasteiger partial charge in [-0.15, -0.1) is 0 Å². The average Bonchev–Trinajstić information content (AvgIpc) is 2.77. The predicted molar refractivity (Wildman–Crippen MR) is 121 cm³/mol. The fraction of sp³-hybridized carbons (Fsp3) is 0.522. The van der Waals surface area contributed by atoms with E-state index >= 15 is 0 Å². The van der Waals surface area contributed by atoms with Gasteiger partial charge in [0.1, 0.15) is 11.4 Å². The predicted octanol–water partition coefficient (Wildman–Crippen LogP) is 2.03. The van der Waals surface area contributed by atoms with Crippen LogP contribution in [0.1, 0.15) is 32.4 Å². The van der Waals surface area contributed by atoms with Crippen LogP contribution in [0.5, 0.6) is 5.75 Å². The van der Waals surface area contributed by atoms with Gasteiger partial charge in [0.15, 0.2) is 0 Å². The molecule has 0 aromatic heterocycles. The van der Waals surface area contributed by atoms with Gasteiger partial charge < -0.3 is 29.7 Å². The van der Waals surface area contributed by atoms with Crippen molar-refractivity contribution < 1.29 is 28.6 Å². The van der Waals surface area contributed by atoms with E-state index in [1.165, 1.54) is 7.11 Å². The van der Waals surface area contributed by atoms with Crippen LogP contribution in [0.4, 0.5) is 9.59 Å². The van der Waals surface area contributed by atoms with E-state index in [0.29, 0.717) is 55.3 Å². The molecule has 1 aromatic carbocycles. The normalized spacial score (nSPS) is 19.5. The van der Waals surface area contributed by atoms with Crippen molar-refractivity contribution in [3.63, 3.8) is 0 Å².